The van der Waals surface area contributed by atoms with Crippen LogP contribution in [0.5, 0.6) is 5.75 Å². The van der Waals surface area contributed by atoms with Gasteiger partial charge in [0, 0.05) is 69.0 Å². The maximum absolute atomic E-state index is 13.6. The molecule has 50 heavy (non-hydrogen) atoms. The number of anilines is 3. The lowest BCUT2D eigenvalue weighted by molar-refractivity contribution is -0.117. The molecule has 0 radical (unpaired) electrons. The van der Waals surface area contributed by atoms with Gasteiger partial charge in [0.1, 0.15) is 11.4 Å². The minimum atomic E-state index is -2.85. The minimum Gasteiger partial charge on any atom is -0.494 e. The summed E-state index contributed by atoms with van der Waals surface area (Å²) in [7, 11) is 3.05. The molecule has 260 valence electrons. The van der Waals surface area contributed by atoms with Crippen molar-refractivity contribution in [1.29, 1.82) is 0 Å². The summed E-state index contributed by atoms with van der Waals surface area (Å²) in [6, 6.07) is 12.4. The molecule has 3 aliphatic rings. The van der Waals surface area contributed by atoms with Gasteiger partial charge in [-0.2, -0.15) is 5.10 Å². The first kappa shape index (κ1) is 33.0. The monoisotopic (exact) mass is 686 g/mol. The number of nitrogens with zero attached hydrogens (tertiary/aromatic N) is 7. The van der Waals surface area contributed by atoms with E-state index in [9.17, 15) is 23.2 Å². The summed E-state index contributed by atoms with van der Waals surface area (Å²) in [5, 5.41) is 21.3. The molecule has 0 spiro atoms. The summed E-state index contributed by atoms with van der Waals surface area (Å²) in [5.74, 6) is -3.18. The SMILES string of the molecule is CNC(=O)c1nnc(NC(=O)C2CC2)cc1Nc1cccc(-c2cnn(C3CN(Cc4cccc(C(=O)N5CCC(F)(F)C5)n4)C3)c2)c1OC. The van der Waals surface area contributed by atoms with Gasteiger partial charge < -0.3 is 25.6 Å². The second-order valence-corrected chi connectivity index (χ2v) is 12.7. The summed E-state index contributed by atoms with van der Waals surface area (Å²) in [4.78, 5) is 45.5. The average molecular weight is 687 g/mol. The predicted molar refractivity (Wildman–Crippen MR) is 178 cm³/mol. The van der Waals surface area contributed by atoms with E-state index in [1.807, 2.05) is 35.1 Å². The van der Waals surface area contributed by atoms with Crippen LogP contribution < -0.4 is 20.7 Å². The summed E-state index contributed by atoms with van der Waals surface area (Å²) in [5.41, 5.74) is 3.41. The zero-order valence-electron chi connectivity index (χ0n) is 27.5. The van der Waals surface area contributed by atoms with Crippen LogP contribution in [0.25, 0.3) is 11.1 Å². The molecule has 3 fully saturated rings. The Bertz CT molecular complexity index is 1940. The van der Waals surface area contributed by atoms with Gasteiger partial charge in [0.05, 0.1) is 43.0 Å². The van der Waals surface area contributed by atoms with Gasteiger partial charge >= 0.3 is 0 Å². The Balaban J connectivity index is 1.02. The van der Waals surface area contributed by atoms with Crippen molar-refractivity contribution < 1.29 is 27.9 Å². The lowest BCUT2D eigenvalue weighted by Gasteiger charge is -2.39. The third-order valence-electron chi connectivity index (χ3n) is 9.02. The topological polar surface area (TPSA) is 159 Å². The molecular weight excluding hydrogens is 650 g/mol. The molecule has 3 aromatic heterocycles. The molecule has 3 N–H and O–H groups in total. The van der Waals surface area contributed by atoms with Crippen LogP contribution in [0, 0.1) is 5.92 Å². The molecule has 2 aliphatic heterocycles. The van der Waals surface area contributed by atoms with Crippen molar-refractivity contribution in [2.75, 3.05) is 51.0 Å². The van der Waals surface area contributed by atoms with E-state index in [0.29, 0.717) is 42.5 Å². The number of likely N-dealkylation sites (tertiary alicyclic amines) is 2. The number of carbonyl (C=O) groups excluding carboxylic acids is 3. The van der Waals surface area contributed by atoms with E-state index in [4.69, 9.17) is 4.74 Å². The zero-order valence-corrected chi connectivity index (χ0v) is 27.5. The molecule has 0 bridgehead atoms. The highest BCUT2D eigenvalue weighted by Gasteiger charge is 2.41. The number of aromatic nitrogens is 5. The second kappa shape index (κ2) is 13.4. The van der Waals surface area contributed by atoms with Gasteiger partial charge in [-0.05, 0) is 31.0 Å². The number of amides is 3. The van der Waals surface area contributed by atoms with Crippen LogP contribution in [0.4, 0.5) is 26.0 Å². The molecule has 2 saturated heterocycles. The van der Waals surface area contributed by atoms with Crippen LogP contribution in [-0.2, 0) is 11.3 Å². The van der Waals surface area contributed by atoms with Crippen molar-refractivity contribution in [3.05, 3.63) is 71.9 Å². The Morgan fingerprint density at radius 1 is 1.06 bits per heavy atom. The van der Waals surface area contributed by atoms with Crippen molar-refractivity contribution in [3.63, 3.8) is 0 Å². The van der Waals surface area contributed by atoms with Crippen molar-refractivity contribution >= 4 is 34.9 Å². The van der Waals surface area contributed by atoms with E-state index >= 15 is 0 Å². The highest BCUT2D eigenvalue weighted by Crippen LogP contribution is 2.39. The Morgan fingerprint density at radius 2 is 1.86 bits per heavy atom. The Kier molecular flexibility index (Phi) is 8.86. The fourth-order valence-corrected chi connectivity index (χ4v) is 6.14. The zero-order chi connectivity index (χ0) is 35.0. The van der Waals surface area contributed by atoms with Gasteiger partial charge in [-0.25, -0.2) is 13.8 Å². The highest BCUT2D eigenvalue weighted by molar-refractivity contribution is 6.00. The van der Waals surface area contributed by atoms with Gasteiger partial charge in [-0.3, -0.25) is 24.0 Å². The first-order valence-electron chi connectivity index (χ1n) is 16.4. The van der Waals surface area contributed by atoms with Gasteiger partial charge in [0.15, 0.2) is 11.5 Å². The largest absolute Gasteiger partial charge is 0.494 e. The predicted octanol–water partition coefficient (Wildman–Crippen LogP) is 3.73. The molecule has 4 aromatic rings. The van der Waals surface area contributed by atoms with Crippen molar-refractivity contribution in [2.24, 2.45) is 5.92 Å². The molecule has 0 atom stereocenters. The number of ether oxygens (including phenoxy) is 1. The van der Waals surface area contributed by atoms with Gasteiger partial charge in [-0.1, -0.05) is 18.2 Å². The molecule has 14 nitrogen and oxygen atoms in total. The Morgan fingerprint density at radius 3 is 2.58 bits per heavy atom. The number of hydrogen-bond acceptors (Lipinski definition) is 10. The molecule has 3 amide bonds. The fraction of sp³-hybridized carbons (Fsp3) is 0.382. The van der Waals surface area contributed by atoms with Gasteiger partial charge in [0.2, 0.25) is 5.91 Å². The molecular formula is C34H36F2N10O4. The molecule has 0 unspecified atom stereocenters. The van der Waals surface area contributed by atoms with E-state index in [1.54, 1.807) is 31.5 Å². The summed E-state index contributed by atoms with van der Waals surface area (Å²) in [6.45, 7) is 1.36. The number of alkyl halides is 2. The van der Waals surface area contributed by atoms with E-state index in [1.165, 1.54) is 7.05 Å². The first-order valence-corrected chi connectivity index (χ1v) is 16.4. The van der Waals surface area contributed by atoms with Crippen LogP contribution in [0.15, 0.2) is 54.9 Å². The number of methoxy groups -OCH3 is 1. The Labute approximate surface area is 286 Å². The number of nitrogens with one attached hydrogen (secondary N) is 3. The van der Waals surface area contributed by atoms with Crippen molar-refractivity contribution in [2.45, 2.75) is 37.8 Å². The molecule has 7 rings (SSSR count). The smallest absolute Gasteiger partial charge is 0.273 e. The normalized spacial score (nSPS) is 17.2. The van der Waals surface area contributed by atoms with Crippen LogP contribution in [0.3, 0.4) is 0 Å². The molecule has 1 aromatic carbocycles. The maximum atomic E-state index is 13.6. The third-order valence-corrected chi connectivity index (χ3v) is 9.02. The number of halogens is 2. The molecule has 1 saturated carbocycles. The van der Waals surface area contributed by atoms with Gasteiger partial charge in [0.25, 0.3) is 17.7 Å². The number of carbonyl (C=O) groups is 3. The quantitative estimate of drug-likeness (QED) is 0.212. The molecule has 1 aliphatic carbocycles. The fourth-order valence-electron chi connectivity index (χ4n) is 6.14. The van der Waals surface area contributed by atoms with E-state index in [0.717, 1.165) is 28.9 Å². The number of rotatable bonds is 11. The molecule has 16 heteroatoms. The number of para-hydroxylation sites is 1. The lowest BCUT2D eigenvalue weighted by atomic mass is 10.1. The number of hydrogen-bond donors (Lipinski definition) is 3. The lowest BCUT2D eigenvalue weighted by Crippen LogP contribution is -2.47. The third kappa shape index (κ3) is 6.96. The van der Waals surface area contributed by atoms with Crippen LogP contribution in [-0.4, -0.2) is 98.7 Å². The van der Waals surface area contributed by atoms with Crippen molar-refractivity contribution in [1.82, 2.24) is 40.1 Å². The molecule has 5 heterocycles. The van der Waals surface area contributed by atoms with E-state index in [-0.39, 0.29) is 48.0 Å². The maximum Gasteiger partial charge on any atom is 0.273 e. The minimum absolute atomic E-state index is 0.0208. The van der Waals surface area contributed by atoms with E-state index < -0.39 is 24.3 Å². The highest BCUT2D eigenvalue weighted by atomic mass is 19.3. The summed E-state index contributed by atoms with van der Waals surface area (Å²) >= 11 is 0. The van der Waals surface area contributed by atoms with E-state index in [2.05, 4.69) is 41.1 Å². The summed E-state index contributed by atoms with van der Waals surface area (Å²) in [6.07, 6.45) is 5.05. The number of benzene rings is 1. The second-order valence-electron chi connectivity index (χ2n) is 12.7. The van der Waals surface area contributed by atoms with Crippen LogP contribution in [0.1, 0.15) is 52.0 Å². The first-order chi connectivity index (χ1) is 24.1. The standard InChI is InChI=1S/C34H36F2N10O4/c1-37-32(48)29-27(13-28(42-43-29)41-31(47)20-9-10-20)40-25-7-4-6-24(30(25)50-2)21-14-38-46(15-21)23-17-44(18-23)16-22-5-3-8-26(39-22)33(49)45-12-11-34(35,36)19-45/h3-8,13-15,20,23H,9-12,16-19H2,1-2H3,(H,37,48)(H2,40,41,42,47). The average Bonchev–Trinajstić information content (AvgIpc) is 3.73. The number of pyridine rings is 1. The summed E-state index contributed by atoms with van der Waals surface area (Å²) < 4.78 is 35.0. The van der Waals surface area contributed by atoms with Gasteiger partial charge in [-0.15, -0.1) is 10.2 Å². The Hall–Kier alpha value is -5.51. The van der Waals surface area contributed by atoms with Crippen molar-refractivity contribution in [3.8, 4) is 16.9 Å². The van der Waals surface area contributed by atoms with Crippen LogP contribution >= 0.6 is 0 Å². The van der Waals surface area contributed by atoms with Crippen LogP contribution in [0.2, 0.25) is 0 Å².